The lowest BCUT2D eigenvalue weighted by Gasteiger charge is -2.40. The van der Waals surface area contributed by atoms with Gasteiger partial charge >= 0.3 is 0 Å². The van der Waals surface area contributed by atoms with Gasteiger partial charge in [-0.15, -0.1) is 0 Å². The van der Waals surface area contributed by atoms with Gasteiger partial charge in [-0.1, -0.05) is 26.7 Å². The normalized spacial score (nSPS) is 27.6. The molecule has 1 spiro atoms. The van der Waals surface area contributed by atoms with Crippen molar-refractivity contribution in [1.82, 2.24) is 0 Å². The van der Waals surface area contributed by atoms with Gasteiger partial charge in [0.15, 0.2) is 5.78 Å². The summed E-state index contributed by atoms with van der Waals surface area (Å²) in [6.45, 7) is 4.78. The lowest BCUT2D eigenvalue weighted by Crippen LogP contribution is -2.52. The summed E-state index contributed by atoms with van der Waals surface area (Å²) in [6, 6.07) is 0. The number of Topliss-reactive ketones (excluding diaryl/α,β-unsaturated/α-hetero) is 1. The van der Waals surface area contributed by atoms with Crippen molar-refractivity contribution in [3.05, 3.63) is 0 Å². The summed E-state index contributed by atoms with van der Waals surface area (Å²) >= 11 is 0. The third kappa shape index (κ3) is 2.48. The molecule has 1 saturated heterocycles. The van der Waals surface area contributed by atoms with E-state index in [1.54, 1.807) is 0 Å². The van der Waals surface area contributed by atoms with Crippen LogP contribution in [0, 0.1) is 5.92 Å². The lowest BCUT2D eigenvalue weighted by molar-refractivity contribution is -0.141. The van der Waals surface area contributed by atoms with Gasteiger partial charge in [0.05, 0.1) is 11.1 Å². The molecule has 104 valence electrons. The van der Waals surface area contributed by atoms with Crippen molar-refractivity contribution in [2.24, 2.45) is 11.7 Å². The predicted octanol–water partition coefficient (Wildman–Crippen LogP) is 2.81. The molecule has 0 amide bonds. The third-order valence-electron chi connectivity index (χ3n) is 5.13. The van der Waals surface area contributed by atoms with Crippen LogP contribution >= 0.6 is 0 Å². The average molecular weight is 253 g/mol. The molecule has 3 heteroatoms. The first-order chi connectivity index (χ1) is 8.55. The number of carbonyl (C=O) groups is 1. The number of rotatable bonds is 4. The fourth-order valence-electron chi connectivity index (χ4n) is 3.62. The Kier molecular flexibility index (Phi) is 4.12. The van der Waals surface area contributed by atoms with E-state index in [1.807, 2.05) is 13.8 Å². The Morgan fingerprint density at radius 1 is 1.33 bits per heavy atom. The second-order valence-electron chi connectivity index (χ2n) is 6.16. The summed E-state index contributed by atoms with van der Waals surface area (Å²) in [5.74, 6) is 0.406. The Bertz CT molecular complexity index is 304. The summed E-state index contributed by atoms with van der Waals surface area (Å²) < 4.78 is 5.99. The Morgan fingerprint density at radius 2 is 1.94 bits per heavy atom. The SMILES string of the molecule is CCC(N)(CC)C(=O)C1CCOC2(CCCC2)C1. The molecule has 0 aromatic carbocycles. The molecule has 1 atom stereocenters. The van der Waals surface area contributed by atoms with Gasteiger partial charge < -0.3 is 10.5 Å². The lowest BCUT2D eigenvalue weighted by atomic mass is 9.75. The van der Waals surface area contributed by atoms with Crippen LogP contribution in [0.4, 0.5) is 0 Å². The van der Waals surface area contributed by atoms with Gasteiger partial charge in [-0.3, -0.25) is 4.79 Å². The fraction of sp³-hybridized carbons (Fsp3) is 0.933. The maximum Gasteiger partial charge on any atom is 0.155 e. The van der Waals surface area contributed by atoms with Gasteiger partial charge in [0, 0.05) is 12.5 Å². The number of hydrogen-bond donors (Lipinski definition) is 1. The van der Waals surface area contributed by atoms with Crippen molar-refractivity contribution in [1.29, 1.82) is 0 Å². The molecule has 1 aliphatic heterocycles. The van der Waals surface area contributed by atoms with E-state index in [2.05, 4.69) is 0 Å². The molecule has 3 nitrogen and oxygen atoms in total. The number of ether oxygens (including phenoxy) is 1. The molecular weight excluding hydrogens is 226 g/mol. The quantitative estimate of drug-likeness (QED) is 0.838. The van der Waals surface area contributed by atoms with E-state index in [-0.39, 0.29) is 17.3 Å². The Hall–Kier alpha value is -0.410. The number of ketones is 1. The van der Waals surface area contributed by atoms with Crippen LogP contribution in [-0.2, 0) is 9.53 Å². The molecule has 1 aliphatic carbocycles. The van der Waals surface area contributed by atoms with E-state index >= 15 is 0 Å². The molecule has 2 aliphatic rings. The molecule has 0 radical (unpaired) electrons. The zero-order valence-corrected chi connectivity index (χ0v) is 11.8. The number of hydrogen-bond acceptors (Lipinski definition) is 3. The van der Waals surface area contributed by atoms with Crippen LogP contribution in [0.2, 0.25) is 0 Å². The number of nitrogens with two attached hydrogens (primary N) is 1. The summed E-state index contributed by atoms with van der Waals surface area (Å²) in [7, 11) is 0. The smallest absolute Gasteiger partial charge is 0.155 e. The summed E-state index contributed by atoms with van der Waals surface area (Å²) in [5.41, 5.74) is 5.67. The minimum absolute atomic E-state index is 0.0149. The number of carbonyl (C=O) groups excluding carboxylic acids is 1. The highest BCUT2D eigenvalue weighted by atomic mass is 16.5. The molecule has 18 heavy (non-hydrogen) atoms. The first-order valence-electron chi connectivity index (χ1n) is 7.52. The molecule has 2 rings (SSSR count). The van der Waals surface area contributed by atoms with Crippen LogP contribution in [0.25, 0.3) is 0 Å². The van der Waals surface area contributed by atoms with E-state index in [1.165, 1.54) is 12.8 Å². The van der Waals surface area contributed by atoms with E-state index in [4.69, 9.17) is 10.5 Å². The molecule has 1 heterocycles. The molecule has 1 saturated carbocycles. The highest BCUT2D eigenvalue weighted by Crippen LogP contribution is 2.43. The summed E-state index contributed by atoms with van der Waals surface area (Å²) in [4.78, 5) is 12.6. The van der Waals surface area contributed by atoms with E-state index in [0.29, 0.717) is 0 Å². The van der Waals surface area contributed by atoms with Crippen molar-refractivity contribution in [2.75, 3.05) is 6.61 Å². The summed E-state index contributed by atoms with van der Waals surface area (Å²) in [5, 5.41) is 0. The Labute approximate surface area is 110 Å². The second-order valence-corrected chi connectivity index (χ2v) is 6.16. The van der Waals surface area contributed by atoms with Gasteiger partial charge in [0.2, 0.25) is 0 Å². The highest BCUT2D eigenvalue weighted by molar-refractivity contribution is 5.90. The van der Waals surface area contributed by atoms with Crippen molar-refractivity contribution in [2.45, 2.75) is 76.4 Å². The minimum atomic E-state index is -0.609. The van der Waals surface area contributed by atoms with Gasteiger partial charge in [-0.2, -0.15) is 0 Å². The van der Waals surface area contributed by atoms with Crippen LogP contribution in [0.5, 0.6) is 0 Å². The maximum absolute atomic E-state index is 12.6. The second kappa shape index (κ2) is 5.30. The van der Waals surface area contributed by atoms with Gasteiger partial charge in [0.1, 0.15) is 0 Å². The van der Waals surface area contributed by atoms with Gasteiger partial charge in [-0.25, -0.2) is 0 Å². The first-order valence-corrected chi connectivity index (χ1v) is 7.52. The molecule has 0 aromatic heterocycles. The van der Waals surface area contributed by atoms with Crippen molar-refractivity contribution < 1.29 is 9.53 Å². The van der Waals surface area contributed by atoms with Crippen LogP contribution in [-0.4, -0.2) is 23.5 Å². The van der Waals surface area contributed by atoms with E-state index in [9.17, 15) is 4.79 Å². The Morgan fingerprint density at radius 3 is 2.50 bits per heavy atom. The van der Waals surface area contributed by atoms with E-state index < -0.39 is 5.54 Å². The van der Waals surface area contributed by atoms with Crippen molar-refractivity contribution in [3.63, 3.8) is 0 Å². The maximum atomic E-state index is 12.6. The van der Waals surface area contributed by atoms with Gasteiger partial charge in [0.25, 0.3) is 0 Å². The summed E-state index contributed by atoms with van der Waals surface area (Å²) in [6.07, 6.45) is 8.01. The third-order valence-corrected chi connectivity index (χ3v) is 5.13. The monoisotopic (exact) mass is 253 g/mol. The topological polar surface area (TPSA) is 52.3 Å². The zero-order chi connectivity index (χ0) is 13.2. The van der Waals surface area contributed by atoms with Crippen molar-refractivity contribution >= 4 is 5.78 Å². The average Bonchev–Trinajstić information content (AvgIpc) is 2.85. The molecule has 2 N–H and O–H groups in total. The Balaban J connectivity index is 2.06. The van der Waals surface area contributed by atoms with Crippen LogP contribution in [0.15, 0.2) is 0 Å². The largest absolute Gasteiger partial charge is 0.375 e. The van der Waals surface area contributed by atoms with E-state index in [0.717, 1.165) is 45.1 Å². The fourth-order valence-corrected chi connectivity index (χ4v) is 3.62. The van der Waals surface area contributed by atoms with Crippen molar-refractivity contribution in [3.8, 4) is 0 Å². The van der Waals surface area contributed by atoms with Crippen LogP contribution < -0.4 is 5.73 Å². The van der Waals surface area contributed by atoms with Gasteiger partial charge in [-0.05, 0) is 38.5 Å². The predicted molar refractivity (Wildman–Crippen MR) is 72.4 cm³/mol. The molecule has 2 fully saturated rings. The molecular formula is C15H27NO2. The minimum Gasteiger partial charge on any atom is -0.375 e. The zero-order valence-electron chi connectivity index (χ0n) is 11.8. The standard InChI is InChI=1S/C15H27NO2/c1-3-15(16,4-2)13(17)12-7-10-18-14(11-12)8-5-6-9-14/h12H,3-11,16H2,1-2H3. The first kappa shape index (κ1) is 14.0. The molecule has 0 aromatic rings. The highest BCUT2D eigenvalue weighted by Gasteiger charge is 2.45. The van der Waals surface area contributed by atoms with Crippen LogP contribution in [0.1, 0.15) is 65.2 Å². The molecule has 1 unspecified atom stereocenters. The molecule has 0 bridgehead atoms. The van der Waals surface area contributed by atoms with Crippen LogP contribution in [0.3, 0.4) is 0 Å².